The molecule has 0 aliphatic rings. The monoisotopic (exact) mass is 415 g/mol. The minimum absolute atomic E-state index is 0.586. The Morgan fingerprint density at radius 1 is 0.833 bits per heavy atom. The van der Waals surface area contributed by atoms with Crippen LogP contribution in [0.15, 0.2) is 41.4 Å². The number of para-hydroxylation sites is 1. The summed E-state index contributed by atoms with van der Waals surface area (Å²) in [5, 5.41) is 6.67. The summed E-state index contributed by atoms with van der Waals surface area (Å²) in [4.78, 5) is 4.70. The molecule has 2 rings (SSSR count). The highest BCUT2D eigenvalue weighted by Gasteiger charge is 2.13. The summed E-state index contributed by atoms with van der Waals surface area (Å²) in [6.07, 6.45) is 1.52. The molecule has 0 amide bonds. The van der Waals surface area contributed by atoms with Crippen molar-refractivity contribution >= 4 is 5.96 Å². The zero-order chi connectivity index (χ0) is 21.8. The maximum absolute atomic E-state index is 5.52. The Kier molecular flexibility index (Phi) is 9.64. The van der Waals surface area contributed by atoms with Gasteiger partial charge in [0.25, 0.3) is 0 Å². The molecule has 2 aromatic rings. The molecule has 0 spiro atoms. The Morgan fingerprint density at radius 2 is 1.50 bits per heavy atom. The molecule has 0 atom stereocenters. The Bertz CT molecular complexity index is 799. The number of benzene rings is 2. The number of aliphatic imine (C=N–C) groups is 1. The molecule has 7 nitrogen and oxygen atoms in total. The van der Waals surface area contributed by atoms with E-state index in [4.69, 9.17) is 23.9 Å². The summed E-state index contributed by atoms with van der Waals surface area (Å²) in [6, 6.07) is 11.8. The van der Waals surface area contributed by atoms with Crippen LogP contribution in [0.4, 0.5) is 0 Å². The number of hydrogen-bond donors (Lipinski definition) is 2. The summed E-state index contributed by atoms with van der Waals surface area (Å²) < 4.78 is 21.8. The molecule has 164 valence electrons. The lowest BCUT2D eigenvalue weighted by Gasteiger charge is -2.15. The second-order valence-corrected chi connectivity index (χ2v) is 6.51. The molecular formula is C23H33N3O4. The van der Waals surface area contributed by atoms with Gasteiger partial charge in [0.05, 0.1) is 28.4 Å². The van der Waals surface area contributed by atoms with Crippen LogP contribution in [0.5, 0.6) is 23.0 Å². The minimum Gasteiger partial charge on any atom is -0.496 e. The van der Waals surface area contributed by atoms with Crippen LogP contribution in [-0.2, 0) is 12.8 Å². The highest BCUT2D eigenvalue weighted by molar-refractivity contribution is 5.79. The molecular weight excluding hydrogens is 382 g/mol. The zero-order valence-corrected chi connectivity index (χ0v) is 18.6. The molecule has 0 aromatic heterocycles. The maximum atomic E-state index is 5.52. The third-order valence-corrected chi connectivity index (χ3v) is 4.67. The largest absolute Gasteiger partial charge is 0.496 e. The summed E-state index contributed by atoms with van der Waals surface area (Å²) in [5.74, 6) is 3.84. The van der Waals surface area contributed by atoms with Gasteiger partial charge in [-0.15, -0.1) is 0 Å². The molecule has 0 heterocycles. The van der Waals surface area contributed by atoms with E-state index in [0.29, 0.717) is 18.7 Å². The first kappa shape index (κ1) is 23.2. The number of rotatable bonds is 11. The maximum Gasteiger partial charge on any atom is 0.191 e. The third-order valence-electron chi connectivity index (χ3n) is 4.67. The topological polar surface area (TPSA) is 73.3 Å². The van der Waals surface area contributed by atoms with Gasteiger partial charge >= 0.3 is 0 Å². The second-order valence-electron chi connectivity index (χ2n) is 6.51. The molecule has 0 radical (unpaired) electrons. The molecule has 0 saturated heterocycles. The highest BCUT2D eigenvalue weighted by atomic mass is 16.5. The van der Waals surface area contributed by atoms with E-state index in [1.54, 1.807) is 28.4 Å². The molecule has 0 unspecified atom stereocenters. The quantitative estimate of drug-likeness (QED) is 0.434. The van der Waals surface area contributed by atoms with Crippen molar-refractivity contribution in [1.82, 2.24) is 10.6 Å². The summed E-state index contributed by atoms with van der Waals surface area (Å²) in [5.41, 5.74) is 2.13. The second kappa shape index (κ2) is 12.5. The molecule has 30 heavy (non-hydrogen) atoms. The van der Waals surface area contributed by atoms with Crippen LogP contribution in [0, 0.1) is 0 Å². The number of ether oxygens (including phenoxy) is 4. The van der Waals surface area contributed by atoms with Crippen molar-refractivity contribution in [3.05, 3.63) is 47.5 Å². The molecule has 2 aromatic carbocycles. The fourth-order valence-corrected chi connectivity index (χ4v) is 3.17. The van der Waals surface area contributed by atoms with E-state index in [2.05, 4.69) is 16.7 Å². The van der Waals surface area contributed by atoms with Crippen LogP contribution >= 0.6 is 0 Å². The fourth-order valence-electron chi connectivity index (χ4n) is 3.17. The van der Waals surface area contributed by atoms with Crippen molar-refractivity contribution in [1.29, 1.82) is 0 Å². The number of guanidine groups is 1. The average Bonchev–Trinajstić information content (AvgIpc) is 2.79. The number of methoxy groups -OCH3 is 4. The molecule has 0 saturated carbocycles. The van der Waals surface area contributed by atoms with E-state index in [1.807, 2.05) is 37.3 Å². The van der Waals surface area contributed by atoms with Crippen LogP contribution in [-0.4, -0.2) is 54.0 Å². The standard InChI is InChI=1S/C23H33N3O4/c1-6-24-23(25-13-11-17-9-7-8-10-20(17)28-3)26-14-12-19-21(29-4)15-18(27-2)16-22(19)30-5/h7-10,15-16H,6,11-14H2,1-5H3,(H2,24,25,26). The number of nitrogens with one attached hydrogen (secondary N) is 2. The molecule has 0 aliphatic heterocycles. The Hall–Kier alpha value is -3.09. The Balaban J connectivity index is 2.01. The van der Waals surface area contributed by atoms with Crippen molar-refractivity contribution in [3.63, 3.8) is 0 Å². The molecule has 0 bridgehead atoms. The van der Waals surface area contributed by atoms with E-state index < -0.39 is 0 Å². The average molecular weight is 416 g/mol. The fraction of sp³-hybridized carbons (Fsp3) is 0.435. The third kappa shape index (κ3) is 6.47. The van der Waals surface area contributed by atoms with Crippen LogP contribution in [0.2, 0.25) is 0 Å². The van der Waals surface area contributed by atoms with Crippen LogP contribution in [0.3, 0.4) is 0 Å². The van der Waals surface area contributed by atoms with Gasteiger partial charge in [-0.25, -0.2) is 0 Å². The van der Waals surface area contributed by atoms with E-state index in [-0.39, 0.29) is 0 Å². The van der Waals surface area contributed by atoms with Crippen molar-refractivity contribution in [3.8, 4) is 23.0 Å². The van der Waals surface area contributed by atoms with E-state index in [9.17, 15) is 0 Å². The van der Waals surface area contributed by atoms with Crippen molar-refractivity contribution in [2.75, 3.05) is 48.1 Å². The van der Waals surface area contributed by atoms with Gasteiger partial charge in [0.2, 0.25) is 0 Å². The molecule has 2 N–H and O–H groups in total. The molecule has 0 aliphatic carbocycles. The van der Waals surface area contributed by atoms with Gasteiger partial charge in [-0.2, -0.15) is 0 Å². The lowest BCUT2D eigenvalue weighted by molar-refractivity contribution is 0.369. The first-order valence-electron chi connectivity index (χ1n) is 10.1. The number of nitrogens with zero attached hydrogens (tertiary/aromatic N) is 1. The summed E-state index contributed by atoms with van der Waals surface area (Å²) >= 11 is 0. The van der Waals surface area contributed by atoms with Gasteiger partial charge < -0.3 is 29.6 Å². The summed E-state index contributed by atoms with van der Waals surface area (Å²) in [7, 11) is 6.60. The highest BCUT2D eigenvalue weighted by Crippen LogP contribution is 2.34. The van der Waals surface area contributed by atoms with Crippen LogP contribution < -0.4 is 29.6 Å². The van der Waals surface area contributed by atoms with Gasteiger partial charge in [0.1, 0.15) is 23.0 Å². The molecule has 7 heteroatoms. The van der Waals surface area contributed by atoms with E-state index in [1.165, 1.54) is 0 Å². The SMILES string of the molecule is CCNC(=NCCc1c(OC)cc(OC)cc1OC)NCCc1ccccc1OC. The van der Waals surface area contributed by atoms with Crippen molar-refractivity contribution in [2.45, 2.75) is 19.8 Å². The van der Waals surface area contributed by atoms with Gasteiger partial charge in [-0.3, -0.25) is 4.99 Å². The van der Waals surface area contributed by atoms with Crippen molar-refractivity contribution in [2.24, 2.45) is 4.99 Å². The predicted molar refractivity (Wildman–Crippen MR) is 120 cm³/mol. The van der Waals surface area contributed by atoms with Gasteiger partial charge in [-0.05, 0) is 31.4 Å². The van der Waals surface area contributed by atoms with Crippen LogP contribution in [0.25, 0.3) is 0 Å². The Labute approximate surface area is 179 Å². The first-order chi connectivity index (χ1) is 14.7. The minimum atomic E-state index is 0.586. The van der Waals surface area contributed by atoms with E-state index in [0.717, 1.165) is 53.8 Å². The zero-order valence-electron chi connectivity index (χ0n) is 18.6. The first-order valence-corrected chi connectivity index (χ1v) is 10.1. The number of hydrogen-bond acceptors (Lipinski definition) is 5. The van der Waals surface area contributed by atoms with Crippen LogP contribution in [0.1, 0.15) is 18.1 Å². The lowest BCUT2D eigenvalue weighted by Crippen LogP contribution is -2.38. The summed E-state index contributed by atoms with van der Waals surface area (Å²) in [6.45, 7) is 4.17. The molecule has 0 fully saturated rings. The van der Waals surface area contributed by atoms with Gasteiger partial charge in [0, 0.05) is 37.3 Å². The predicted octanol–water partition coefficient (Wildman–Crippen LogP) is 3.06. The Morgan fingerprint density at radius 3 is 2.10 bits per heavy atom. The smallest absolute Gasteiger partial charge is 0.191 e. The van der Waals surface area contributed by atoms with Gasteiger partial charge in [-0.1, -0.05) is 18.2 Å². The van der Waals surface area contributed by atoms with Gasteiger partial charge in [0.15, 0.2) is 5.96 Å². The van der Waals surface area contributed by atoms with E-state index >= 15 is 0 Å². The normalized spacial score (nSPS) is 11.0. The van der Waals surface area contributed by atoms with Crippen molar-refractivity contribution < 1.29 is 18.9 Å². The lowest BCUT2D eigenvalue weighted by atomic mass is 10.1.